The van der Waals surface area contributed by atoms with Crippen LogP contribution in [0.15, 0.2) is 97.2 Å². The Morgan fingerprint density at radius 1 is 0.854 bits per heavy atom. The molecule has 41 heavy (non-hydrogen) atoms. The highest BCUT2D eigenvalue weighted by atomic mass is 16.5. The number of phenols is 1. The standard InChI is InChI=1S/C34H32BN3O3/c1-22-11-8-12-23(2)32(22)35-38(33-30(41-35)16-10-18-36-33)25-19-24(34(3,4)5)20-26(21-25)40-31-17-9-14-28(37-31)27-13-6-7-15-29(27)39/h6-21,39H,1-5H3. The molecule has 0 amide bonds. The van der Waals surface area contributed by atoms with Crippen molar-refractivity contribution in [3.05, 3.63) is 114 Å². The number of nitrogens with zero attached hydrogens (tertiary/aromatic N) is 3. The lowest BCUT2D eigenvalue weighted by atomic mass is 9.67. The van der Waals surface area contributed by atoms with E-state index in [0.717, 1.165) is 39.4 Å². The third-order valence-corrected chi connectivity index (χ3v) is 7.40. The van der Waals surface area contributed by atoms with Crippen molar-refractivity contribution in [2.45, 2.75) is 40.0 Å². The molecule has 0 bridgehead atoms. The van der Waals surface area contributed by atoms with Gasteiger partial charge in [0.25, 0.3) is 0 Å². The first-order valence-corrected chi connectivity index (χ1v) is 13.7. The Kier molecular flexibility index (Phi) is 6.66. The monoisotopic (exact) mass is 541 g/mol. The number of aryl methyl sites for hydroxylation is 2. The van der Waals surface area contributed by atoms with E-state index < -0.39 is 0 Å². The van der Waals surface area contributed by atoms with Gasteiger partial charge in [0.2, 0.25) is 5.88 Å². The van der Waals surface area contributed by atoms with E-state index in [1.54, 1.807) is 18.3 Å². The predicted molar refractivity (Wildman–Crippen MR) is 165 cm³/mol. The highest BCUT2D eigenvalue weighted by molar-refractivity contribution is 6.75. The van der Waals surface area contributed by atoms with Crippen molar-refractivity contribution in [3.8, 4) is 34.4 Å². The Bertz CT molecular complexity index is 1730. The van der Waals surface area contributed by atoms with Gasteiger partial charge in [0.05, 0.1) is 5.69 Å². The molecule has 0 atom stereocenters. The van der Waals surface area contributed by atoms with Gasteiger partial charge in [0.1, 0.15) is 17.2 Å². The van der Waals surface area contributed by atoms with Crippen LogP contribution in [0.1, 0.15) is 37.5 Å². The molecule has 3 aromatic carbocycles. The zero-order valence-corrected chi connectivity index (χ0v) is 23.9. The average Bonchev–Trinajstić information content (AvgIpc) is 3.32. The lowest BCUT2D eigenvalue weighted by molar-refractivity contribution is 0.460. The molecule has 0 saturated carbocycles. The van der Waals surface area contributed by atoms with Crippen molar-refractivity contribution < 1.29 is 14.5 Å². The molecule has 1 aliphatic heterocycles. The number of aromatic hydroxyl groups is 1. The first-order valence-electron chi connectivity index (χ1n) is 13.7. The molecule has 1 N–H and O–H groups in total. The van der Waals surface area contributed by atoms with Gasteiger partial charge in [0.15, 0.2) is 5.82 Å². The fraction of sp³-hybridized carbons (Fsp3) is 0.176. The quantitative estimate of drug-likeness (QED) is 0.233. The molecular weight excluding hydrogens is 509 g/mol. The molecule has 0 radical (unpaired) electrons. The van der Waals surface area contributed by atoms with E-state index >= 15 is 0 Å². The van der Waals surface area contributed by atoms with Crippen LogP contribution in [-0.2, 0) is 5.41 Å². The summed E-state index contributed by atoms with van der Waals surface area (Å²) in [6, 6.07) is 29.1. The van der Waals surface area contributed by atoms with Crippen LogP contribution >= 0.6 is 0 Å². The summed E-state index contributed by atoms with van der Waals surface area (Å²) >= 11 is 0. The number of para-hydroxylation sites is 1. The van der Waals surface area contributed by atoms with E-state index in [1.165, 1.54) is 0 Å². The molecule has 3 heterocycles. The third kappa shape index (κ3) is 5.11. The number of anilines is 2. The molecule has 5 aromatic rings. The van der Waals surface area contributed by atoms with Gasteiger partial charge in [-0.3, -0.25) is 0 Å². The fourth-order valence-electron chi connectivity index (χ4n) is 5.25. The van der Waals surface area contributed by atoms with Crippen molar-refractivity contribution in [2.75, 3.05) is 4.81 Å². The zero-order chi connectivity index (χ0) is 28.7. The molecule has 0 fully saturated rings. The Balaban J connectivity index is 1.46. The second-order valence-corrected chi connectivity index (χ2v) is 11.4. The number of fused-ring (bicyclic) bond motifs is 1. The maximum atomic E-state index is 10.4. The Morgan fingerprint density at radius 3 is 2.37 bits per heavy atom. The zero-order valence-electron chi connectivity index (χ0n) is 23.9. The largest absolute Gasteiger partial charge is 0.535 e. The maximum Gasteiger partial charge on any atom is 0.526 e. The maximum absolute atomic E-state index is 10.4. The fourth-order valence-corrected chi connectivity index (χ4v) is 5.25. The third-order valence-electron chi connectivity index (χ3n) is 7.40. The summed E-state index contributed by atoms with van der Waals surface area (Å²) < 4.78 is 13.0. The van der Waals surface area contributed by atoms with Crippen molar-refractivity contribution in [1.82, 2.24) is 9.97 Å². The minimum Gasteiger partial charge on any atom is -0.535 e. The number of ether oxygens (including phenoxy) is 1. The molecule has 7 heteroatoms. The summed E-state index contributed by atoms with van der Waals surface area (Å²) in [7, 11) is -0.383. The first-order chi connectivity index (χ1) is 19.7. The van der Waals surface area contributed by atoms with Crippen LogP contribution in [0.3, 0.4) is 0 Å². The molecule has 0 saturated heterocycles. The number of phenolic OH excluding ortho intramolecular Hbond substituents is 1. The van der Waals surface area contributed by atoms with Gasteiger partial charge < -0.3 is 19.3 Å². The topological polar surface area (TPSA) is 67.7 Å². The first kappa shape index (κ1) is 26.4. The van der Waals surface area contributed by atoms with Gasteiger partial charge in [-0.2, -0.15) is 0 Å². The van der Waals surface area contributed by atoms with Gasteiger partial charge >= 0.3 is 7.05 Å². The summed E-state index contributed by atoms with van der Waals surface area (Å²) in [6.07, 6.45) is 1.79. The van der Waals surface area contributed by atoms with E-state index in [0.29, 0.717) is 22.9 Å². The smallest absolute Gasteiger partial charge is 0.526 e. The number of hydrogen-bond acceptors (Lipinski definition) is 6. The lowest BCUT2D eigenvalue weighted by Crippen LogP contribution is -2.49. The van der Waals surface area contributed by atoms with Crippen molar-refractivity contribution in [1.29, 1.82) is 0 Å². The van der Waals surface area contributed by atoms with Crippen LogP contribution in [0.4, 0.5) is 11.5 Å². The van der Waals surface area contributed by atoms with Gasteiger partial charge in [-0.1, -0.05) is 68.3 Å². The molecule has 2 aromatic heterocycles. The Labute approximate surface area is 241 Å². The normalized spacial score (nSPS) is 12.7. The van der Waals surface area contributed by atoms with Crippen molar-refractivity contribution >= 4 is 24.0 Å². The van der Waals surface area contributed by atoms with Crippen LogP contribution in [-0.4, -0.2) is 22.1 Å². The SMILES string of the molecule is Cc1cccc(C)c1B1Oc2cccnc2N1c1cc(Oc2cccc(-c3ccccc3O)n2)cc(C(C)(C)C)c1. The van der Waals surface area contributed by atoms with Crippen LogP contribution in [0.5, 0.6) is 23.1 Å². The van der Waals surface area contributed by atoms with Gasteiger partial charge in [-0.25, -0.2) is 9.97 Å². The van der Waals surface area contributed by atoms with Crippen LogP contribution in [0, 0.1) is 13.8 Å². The van der Waals surface area contributed by atoms with Gasteiger partial charge in [-0.15, -0.1) is 0 Å². The molecule has 6 nitrogen and oxygen atoms in total. The number of benzene rings is 3. The number of aromatic nitrogens is 2. The highest BCUT2D eigenvalue weighted by Crippen LogP contribution is 2.42. The summed E-state index contributed by atoms with van der Waals surface area (Å²) in [5, 5.41) is 10.4. The van der Waals surface area contributed by atoms with Crippen LogP contribution in [0.25, 0.3) is 11.3 Å². The van der Waals surface area contributed by atoms with E-state index in [9.17, 15) is 5.11 Å². The summed E-state index contributed by atoms with van der Waals surface area (Å²) in [5.41, 5.74) is 6.57. The molecule has 0 aliphatic carbocycles. The lowest BCUT2D eigenvalue weighted by Gasteiger charge is -2.27. The second-order valence-electron chi connectivity index (χ2n) is 11.4. The average molecular weight is 541 g/mol. The van der Waals surface area contributed by atoms with Gasteiger partial charge in [-0.05, 0) is 72.8 Å². The summed E-state index contributed by atoms with van der Waals surface area (Å²) in [4.78, 5) is 11.6. The summed E-state index contributed by atoms with van der Waals surface area (Å²) in [6.45, 7) is 10.8. The van der Waals surface area contributed by atoms with E-state index in [-0.39, 0.29) is 18.2 Å². The molecule has 0 spiro atoms. The van der Waals surface area contributed by atoms with Crippen molar-refractivity contribution in [2.24, 2.45) is 0 Å². The molecule has 0 unspecified atom stereocenters. The van der Waals surface area contributed by atoms with Crippen LogP contribution in [0.2, 0.25) is 0 Å². The number of rotatable bonds is 5. The van der Waals surface area contributed by atoms with Crippen molar-refractivity contribution in [3.63, 3.8) is 0 Å². The number of pyridine rings is 2. The molecular formula is C34H32BN3O3. The number of hydrogen-bond donors (Lipinski definition) is 1. The summed E-state index contributed by atoms with van der Waals surface area (Å²) in [5.74, 6) is 2.76. The van der Waals surface area contributed by atoms with E-state index in [1.807, 2.05) is 48.5 Å². The molecule has 6 rings (SSSR count). The minimum atomic E-state index is -0.383. The van der Waals surface area contributed by atoms with E-state index in [2.05, 4.69) is 69.8 Å². The van der Waals surface area contributed by atoms with Gasteiger partial charge in [0, 0.05) is 29.6 Å². The Morgan fingerprint density at radius 2 is 1.61 bits per heavy atom. The molecule has 204 valence electrons. The van der Waals surface area contributed by atoms with Crippen LogP contribution < -0.4 is 19.7 Å². The molecule has 1 aliphatic rings. The second kappa shape index (κ2) is 10.3. The Hall–Kier alpha value is -4.78. The highest BCUT2D eigenvalue weighted by Gasteiger charge is 2.42. The minimum absolute atomic E-state index is 0.152. The predicted octanol–water partition coefficient (Wildman–Crippen LogP) is 7.48. The van der Waals surface area contributed by atoms with E-state index in [4.69, 9.17) is 19.4 Å².